The largest absolute Gasteiger partial charge is 0.368 e. The van der Waals surface area contributed by atoms with Crippen LogP contribution >= 0.6 is 0 Å². The highest BCUT2D eigenvalue weighted by molar-refractivity contribution is 5.85. The van der Waals surface area contributed by atoms with Gasteiger partial charge >= 0.3 is 0 Å². The SMILES string of the molecule is CCC(CNC(CC(C)C)(C(N)=O)C(CC(C)C)CC(C)C)C(C)C. The van der Waals surface area contributed by atoms with Crippen molar-refractivity contribution in [3.05, 3.63) is 0 Å². The van der Waals surface area contributed by atoms with Crippen LogP contribution in [0.5, 0.6) is 0 Å². The molecule has 0 rings (SSSR count). The second-order valence-corrected chi connectivity index (χ2v) is 9.68. The molecule has 3 nitrogen and oxygen atoms in total. The molecule has 0 aromatic heterocycles. The van der Waals surface area contributed by atoms with Crippen molar-refractivity contribution < 1.29 is 4.79 Å². The van der Waals surface area contributed by atoms with Crippen LogP contribution in [0.25, 0.3) is 0 Å². The summed E-state index contributed by atoms with van der Waals surface area (Å²) in [5.41, 5.74) is 5.48. The van der Waals surface area contributed by atoms with Gasteiger partial charge in [-0.15, -0.1) is 0 Å². The predicted molar refractivity (Wildman–Crippen MR) is 110 cm³/mol. The molecule has 0 heterocycles. The number of carbonyl (C=O) groups excluding carboxylic acids is 1. The summed E-state index contributed by atoms with van der Waals surface area (Å²) in [4.78, 5) is 12.8. The van der Waals surface area contributed by atoms with Crippen LogP contribution in [0.4, 0.5) is 0 Å². The molecule has 3 heteroatoms. The Balaban J connectivity index is 5.75. The molecule has 0 saturated carbocycles. The van der Waals surface area contributed by atoms with Crippen LogP contribution in [0.3, 0.4) is 0 Å². The van der Waals surface area contributed by atoms with Gasteiger partial charge in [-0.05, 0) is 61.3 Å². The predicted octanol–water partition coefficient (Wildman–Crippen LogP) is 5.24. The molecule has 0 aliphatic rings. The van der Waals surface area contributed by atoms with Crippen LogP contribution in [0.1, 0.15) is 88.0 Å². The molecule has 0 saturated heterocycles. The van der Waals surface area contributed by atoms with Crippen molar-refractivity contribution in [1.29, 1.82) is 0 Å². The minimum absolute atomic E-state index is 0.161. The fourth-order valence-electron chi connectivity index (χ4n) is 4.22. The van der Waals surface area contributed by atoms with Crippen molar-refractivity contribution in [3.63, 3.8) is 0 Å². The summed E-state index contributed by atoms with van der Waals surface area (Å²) >= 11 is 0. The minimum Gasteiger partial charge on any atom is -0.368 e. The Morgan fingerprint density at radius 3 is 1.68 bits per heavy atom. The molecule has 0 aromatic rings. The van der Waals surface area contributed by atoms with Gasteiger partial charge in [0.25, 0.3) is 0 Å². The molecule has 25 heavy (non-hydrogen) atoms. The molecule has 0 aliphatic heterocycles. The lowest BCUT2D eigenvalue weighted by Gasteiger charge is -2.43. The number of rotatable bonds is 13. The maximum absolute atomic E-state index is 12.8. The minimum atomic E-state index is -0.592. The Morgan fingerprint density at radius 1 is 0.920 bits per heavy atom. The number of primary amides is 1. The zero-order valence-electron chi connectivity index (χ0n) is 18.5. The summed E-state index contributed by atoms with van der Waals surface area (Å²) < 4.78 is 0. The Morgan fingerprint density at radius 2 is 1.40 bits per heavy atom. The Hall–Kier alpha value is -0.570. The van der Waals surface area contributed by atoms with E-state index in [-0.39, 0.29) is 11.8 Å². The normalized spacial score (nSPS) is 16.2. The standard InChI is InChI=1S/C22H46N2O/c1-10-19(18(8)9)14-24-22(21(23)25,13-17(6)7)20(11-15(2)3)12-16(4)5/h15-20,24H,10-14H2,1-9H3,(H2,23,25). The van der Waals surface area contributed by atoms with Crippen molar-refractivity contribution in [2.45, 2.75) is 93.5 Å². The number of hydrogen-bond donors (Lipinski definition) is 2. The lowest BCUT2D eigenvalue weighted by Crippen LogP contribution is -2.62. The van der Waals surface area contributed by atoms with Crippen LogP contribution in [-0.2, 0) is 4.79 Å². The number of nitrogens with one attached hydrogen (secondary N) is 1. The molecule has 2 atom stereocenters. The zero-order chi connectivity index (χ0) is 19.8. The van der Waals surface area contributed by atoms with Crippen LogP contribution in [-0.4, -0.2) is 18.0 Å². The smallest absolute Gasteiger partial charge is 0.238 e. The first-order chi connectivity index (χ1) is 11.5. The van der Waals surface area contributed by atoms with Gasteiger partial charge in [0.15, 0.2) is 0 Å². The van der Waals surface area contributed by atoms with Crippen LogP contribution in [0, 0.1) is 35.5 Å². The van der Waals surface area contributed by atoms with Gasteiger partial charge in [0.1, 0.15) is 5.54 Å². The monoisotopic (exact) mass is 354 g/mol. The topological polar surface area (TPSA) is 55.1 Å². The average molecular weight is 355 g/mol. The van der Waals surface area contributed by atoms with Gasteiger partial charge in [-0.2, -0.15) is 0 Å². The molecule has 3 N–H and O–H groups in total. The first-order valence-corrected chi connectivity index (χ1v) is 10.5. The van der Waals surface area contributed by atoms with Gasteiger partial charge in [0, 0.05) is 0 Å². The van der Waals surface area contributed by atoms with E-state index in [1.165, 1.54) is 0 Å². The van der Waals surface area contributed by atoms with Crippen LogP contribution in [0.15, 0.2) is 0 Å². The third-order valence-corrected chi connectivity index (χ3v) is 5.53. The summed E-state index contributed by atoms with van der Waals surface area (Å²) in [5.74, 6) is 2.86. The number of carbonyl (C=O) groups is 1. The van der Waals surface area contributed by atoms with E-state index in [0.29, 0.717) is 29.6 Å². The first-order valence-electron chi connectivity index (χ1n) is 10.5. The van der Waals surface area contributed by atoms with Gasteiger partial charge in [0.05, 0.1) is 0 Å². The van der Waals surface area contributed by atoms with Gasteiger partial charge in [0.2, 0.25) is 5.91 Å². The lowest BCUT2D eigenvalue weighted by atomic mass is 9.70. The Labute approximate surface area is 157 Å². The van der Waals surface area contributed by atoms with Crippen molar-refractivity contribution in [2.24, 2.45) is 41.2 Å². The van der Waals surface area contributed by atoms with E-state index in [4.69, 9.17) is 5.73 Å². The van der Waals surface area contributed by atoms with Gasteiger partial charge < -0.3 is 11.1 Å². The summed E-state index contributed by atoms with van der Waals surface area (Å²) in [5, 5.41) is 3.73. The summed E-state index contributed by atoms with van der Waals surface area (Å²) in [6.07, 6.45) is 4.03. The van der Waals surface area contributed by atoms with Crippen molar-refractivity contribution in [1.82, 2.24) is 5.32 Å². The Bertz CT molecular complexity index is 366. The molecule has 0 bridgehead atoms. The van der Waals surface area contributed by atoms with Crippen molar-refractivity contribution in [3.8, 4) is 0 Å². The molecule has 2 unspecified atom stereocenters. The van der Waals surface area contributed by atoms with E-state index in [2.05, 4.69) is 67.6 Å². The average Bonchev–Trinajstić information content (AvgIpc) is 2.43. The van der Waals surface area contributed by atoms with Crippen LogP contribution in [0.2, 0.25) is 0 Å². The van der Waals surface area contributed by atoms with Gasteiger partial charge in [-0.3, -0.25) is 4.79 Å². The Kier molecular flexibility index (Phi) is 11.0. The second-order valence-electron chi connectivity index (χ2n) is 9.68. The van der Waals surface area contributed by atoms with E-state index in [1.807, 2.05) is 0 Å². The maximum atomic E-state index is 12.8. The van der Waals surface area contributed by atoms with E-state index in [9.17, 15) is 4.79 Å². The molecule has 1 amide bonds. The van der Waals surface area contributed by atoms with E-state index in [0.717, 1.165) is 32.2 Å². The lowest BCUT2D eigenvalue weighted by molar-refractivity contribution is -0.128. The van der Waals surface area contributed by atoms with Gasteiger partial charge in [-0.1, -0.05) is 68.7 Å². The highest BCUT2D eigenvalue weighted by Crippen LogP contribution is 2.35. The third-order valence-electron chi connectivity index (χ3n) is 5.53. The fraction of sp³-hybridized carbons (Fsp3) is 0.955. The number of amides is 1. The maximum Gasteiger partial charge on any atom is 0.238 e. The fourth-order valence-corrected chi connectivity index (χ4v) is 4.22. The molecule has 150 valence electrons. The van der Waals surface area contributed by atoms with Crippen molar-refractivity contribution >= 4 is 5.91 Å². The summed E-state index contributed by atoms with van der Waals surface area (Å²) in [7, 11) is 0. The summed E-state index contributed by atoms with van der Waals surface area (Å²) in [6.45, 7) is 21.0. The molecule has 0 spiro atoms. The summed E-state index contributed by atoms with van der Waals surface area (Å²) in [6, 6.07) is 0. The molecule has 0 fully saturated rings. The molecular weight excluding hydrogens is 308 g/mol. The number of nitrogens with two attached hydrogens (primary N) is 1. The number of hydrogen-bond acceptors (Lipinski definition) is 2. The molecular formula is C22H46N2O. The van der Waals surface area contributed by atoms with E-state index in [1.54, 1.807) is 0 Å². The van der Waals surface area contributed by atoms with E-state index < -0.39 is 5.54 Å². The first kappa shape index (κ1) is 24.4. The second kappa shape index (κ2) is 11.2. The molecule has 0 aromatic carbocycles. The highest BCUT2D eigenvalue weighted by atomic mass is 16.1. The molecule has 0 aliphatic carbocycles. The third kappa shape index (κ3) is 8.11. The van der Waals surface area contributed by atoms with Gasteiger partial charge in [-0.25, -0.2) is 0 Å². The van der Waals surface area contributed by atoms with Crippen molar-refractivity contribution in [2.75, 3.05) is 6.54 Å². The molecule has 0 radical (unpaired) electrons. The highest BCUT2D eigenvalue weighted by Gasteiger charge is 2.44. The zero-order valence-corrected chi connectivity index (χ0v) is 18.5. The quantitative estimate of drug-likeness (QED) is 0.475. The van der Waals surface area contributed by atoms with E-state index >= 15 is 0 Å². The van der Waals surface area contributed by atoms with Crippen LogP contribution < -0.4 is 11.1 Å².